The molecule has 1 aromatic heterocycles. The summed E-state index contributed by atoms with van der Waals surface area (Å²) in [5.41, 5.74) is -2.08. The van der Waals surface area contributed by atoms with E-state index in [0.717, 1.165) is 0 Å². The lowest BCUT2D eigenvalue weighted by molar-refractivity contribution is -0.152. The van der Waals surface area contributed by atoms with E-state index < -0.39 is 11.6 Å². The summed E-state index contributed by atoms with van der Waals surface area (Å²) in [5, 5.41) is 8.74. The third-order valence-electron chi connectivity index (χ3n) is 2.83. The number of carboxylic acid groups (broad SMARTS) is 1. The molecule has 86 valence electrons. The Kier molecular flexibility index (Phi) is 2.72. The first-order chi connectivity index (χ1) is 7.62. The lowest BCUT2D eigenvalue weighted by Gasteiger charge is -2.34. The van der Waals surface area contributed by atoms with Crippen LogP contribution in [0.5, 0.6) is 0 Å². The predicted molar refractivity (Wildman–Crippen MR) is 55.0 cm³/mol. The molecule has 0 amide bonds. The summed E-state index contributed by atoms with van der Waals surface area (Å²) in [6, 6.07) is 1.73. The first-order valence-electron chi connectivity index (χ1n) is 5.05. The molecule has 1 aliphatic rings. The molecule has 0 aliphatic carbocycles. The molecule has 0 spiro atoms. The summed E-state index contributed by atoms with van der Waals surface area (Å²) in [6.45, 7) is 0.722. The summed E-state index contributed by atoms with van der Waals surface area (Å²) in [6.07, 6.45) is 3.01. The van der Waals surface area contributed by atoms with Gasteiger partial charge in [0.05, 0.1) is 0 Å². The Morgan fingerprint density at radius 1 is 1.50 bits per heavy atom. The molecule has 1 fully saturated rings. The van der Waals surface area contributed by atoms with E-state index in [2.05, 4.69) is 9.97 Å². The maximum absolute atomic E-state index is 13.7. The largest absolute Gasteiger partial charge is 0.479 e. The molecule has 1 saturated heterocycles. The fourth-order valence-corrected chi connectivity index (χ4v) is 1.77. The average Bonchev–Trinajstić information content (AvgIpc) is 2.31. The molecule has 1 aliphatic heterocycles. The summed E-state index contributed by atoms with van der Waals surface area (Å²) in [5.74, 6) is -0.655. The van der Waals surface area contributed by atoms with E-state index in [4.69, 9.17) is 5.11 Å². The second-order valence-electron chi connectivity index (χ2n) is 3.83. The van der Waals surface area contributed by atoms with Crippen LogP contribution in [-0.4, -0.2) is 39.8 Å². The van der Waals surface area contributed by atoms with Gasteiger partial charge in [-0.25, -0.2) is 19.2 Å². The Hall–Kier alpha value is -1.72. The zero-order chi connectivity index (χ0) is 11.6. The molecule has 2 rings (SSSR count). The molecule has 0 bridgehead atoms. The number of halogens is 1. The van der Waals surface area contributed by atoms with Crippen molar-refractivity contribution >= 4 is 11.8 Å². The van der Waals surface area contributed by atoms with Crippen LogP contribution in [0.15, 0.2) is 18.6 Å². The highest BCUT2D eigenvalue weighted by molar-refractivity contribution is 5.77. The van der Waals surface area contributed by atoms with Gasteiger partial charge < -0.3 is 10.0 Å². The van der Waals surface area contributed by atoms with Gasteiger partial charge in [0.2, 0.25) is 5.67 Å². The van der Waals surface area contributed by atoms with Gasteiger partial charge in [0.25, 0.3) is 0 Å². The Morgan fingerprint density at radius 3 is 2.69 bits per heavy atom. The maximum Gasteiger partial charge on any atom is 0.341 e. The monoisotopic (exact) mass is 225 g/mol. The van der Waals surface area contributed by atoms with Crippen LogP contribution in [0.3, 0.4) is 0 Å². The minimum Gasteiger partial charge on any atom is -0.479 e. The fraction of sp³-hybridized carbons (Fsp3) is 0.500. The van der Waals surface area contributed by atoms with Crippen LogP contribution >= 0.6 is 0 Å². The number of rotatable bonds is 2. The van der Waals surface area contributed by atoms with Gasteiger partial charge in [-0.05, 0) is 6.07 Å². The van der Waals surface area contributed by atoms with Gasteiger partial charge in [-0.15, -0.1) is 0 Å². The Bertz CT molecular complexity index is 377. The van der Waals surface area contributed by atoms with Gasteiger partial charge in [-0.2, -0.15) is 0 Å². The van der Waals surface area contributed by atoms with Crippen molar-refractivity contribution in [3.05, 3.63) is 18.6 Å². The van der Waals surface area contributed by atoms with Gasteiger partial charge in [0.15, 0.2) is 0 Å². The number of hydrogen-bond acceptors (Lipinski definition) is 4. The van der Waals surface area contributed by atoms with Crippen LogP contribution < -0.4 is 4.90 Å². The van der Waals surface area contributed by atoms with E-state index >= 15 is 0 Å². The SMILES string of the molecule is O=C(O)C1(F)CCN(c2ccncn2)CC1. The standard InChI is InChI=1S/C10H12FN3O2/c11-10(9(15)16)2-5-14(6-3-10)8-1-4-12-7-13-8/h1,4,7H,2-3,5-6H2,(H,15,16). The van der Waals surface area contributed by atoms with Gasteiger partial charge in [0.1, 0.15) is 12.1 Å². The van der Waals surface area contributed by atoms with Crippen molar-refractivity contribution in [3.8, 4) is 0 Å². The summed E-state index contributed by atoms with van der Waals surface area (Å²) in [7, 11) is 0. The van der Waals surface area contributed by atoms with Gasteiger partial charge in [0, 0.05) is 32.1 Å². The molecule has 0 radical (unpaired) electrons. The number of hydrogen-bond donors (Lipinski definition) is 1. The number of carboxylic acids is 1. The summed E-state index contributed by atoms with van der Waals surface area (Å²) >= 11 is 0. The second kappa shape index (κ2) is 4.03. The maximum atomic E-state index is 13.7. The number of nitrogens with zero attached hydrogens (tertiary/aromatic N) is 3. The Labute approximate surface area is 91.9 Å². The van der Waals surface area contributed by atoms with Crippen molar-refractivity contribution in [2.45, 2.75) is 18.5 Å². The van der Waals surface area contributed by atoms with Crippen LogP contribution in [0, 0.1) is 0 Å². The van der Waals surface area contributed by atoms with E-state index in [-0.39, 0.29) is 12.8 Å². The number of carbonyl (C=O) groups is 1. The number of piperidine rings is 1. The molecule has 1 aromatic rings. The van der Waals surface area contributed by atoms with Crippen LogP contribution in [0.4, 0.5) is 10.2 Å². The van der Waals surface area contributed by atoms with Crippen molar-refractivity contribution < 1.29 is 14.3 Å². The predicted octanol–water partition coefficient (Wildman–Crippen LogP) is 0.870. The lowest BCUT2D eigenvalue weighted by Crippen LogP contribution is -2.46. The van der Waals surface area contributed by atoms with E-state index in [1.807, 2.05) is 4.90 Å². The fourth-order valence-electron chi connectivity index (χ4n) is 1.77. The molecule has 16 heavy (non-hydrogen) atoms. The normalized spacial score (nSPS) is 19.4. The molecule has 0 saturated carbocycles. The van der Waals surface area contributed by atoms with Crippen LogP contribution in [0.25, 0.3) is 0 Å². The van der Waals surface area contributed by atoms with Crippen molar-refractivity contribution in [3.63, 3.8) is 0 Å². The zero-order valence-corrected chi connectivity index (χ0v) is 8.64. The summed E-state index contributed by atoms with van der Waals surface area (Å²) < 4.78 is 13.7. The van der Waals surface area contributed by atoms with Gasteiger partial charge in [-0.1, -0.05) is 0 Å². The topological polar surface area (TPSA) is 66.3 Å². The summed E-state index contributed by atoms with van der Waals surface area (Å²) in [4.78, 5) is 20.4. The van der Waals surface area contributed by atoms with Crippen LogP contribution in [0.2, 0.25) is 0 Å². The number of anilines is 1. The van der Waals surface area contributed by atoms with E-state index in [0.29, 0.717) is 18.9 Å². The highest BCUT2D eigenvalue weighted by Crippen LogP contribution is 2.28. The molecule has 0 atom stereocenters. The van der Waals surface area contributed by atoms with E-state index in [9.17, 15) is 9.18 Å². The molecule has 2 heterocycles. The van der Waals surface area contributed by atoms with Crippen molar-refractivity contribution in [2.24, 2.45) is 0 Å². The molecule has 1 N–H and O–H groups in total. The first kappa shape index (κ1) is 10.8. The molecule has 5 nitrogen and oxygen atoms in total. The average molecular weight is 225 g/mol. The quantitative estimate of drug-likeness (QED) is 0.809. The van der Waals surface area contributed by atoms with Crippen molar-refractivity contribution in [1.29, 1.82) is 0 Å². The third-order valence-corrected chi connectivity index (χ3v) is 2.83. The molecule has 0 unspecified atom stereocenters. The van der Waals surface area contributed by atoms with E-state index in [1.165, 1.54) is 6.33 Å². The van der Waals surface area contributed by atoms with Crippen LogP contribution in [-0.2, 0) is 4.79 Å². The number of aliphatic carboxylic acids is 1. The van der Waals surface area contributed by atoms with Gasteiger partial charge in [-0.3, -0.25) is 0 Å². The molecule has 6 heteroatoms. The highest BCUT2D eigenvalue weighted by atomic mass is 19.1. The lowest BCUT2D eigenvalue weighted by atomic mass is 9.93. The zero-order valence-electron chi connectivity index (χ0n) is 8.64. The van der Waals surface area contributed by atoms with Crippen molar-refractivity contribution in [2.75, 3.05) is 18.0 Å². The molecular formula is C10H12FN3O2. The van der Waals surface area contributed by atoms with Crippen molar-refractivity contribution in [1.82, 2.24) is 9.97 Å². The Balaban J connectivity index is 2.03. The highest BCUT2D eigenvalue weighted by Gasteiger charge is 2.41. The van der Waals surface area contributed by atoms with Gasteiger partial charge >= 0.3 is 5.97 Å². The smallest absolute Gasteiger partial charge is 0.341 e. The third kappa shape index (κ3) is 1.95. The molecular weight excluding hydrogens is 213 g/mol. The Morgan fingerprint density at radius 2 is 2.19 bits per heavy atom. The van der Waals surface area contributed by atoms with E-state index in [1.54, 1.807) is 12.3 Å². The number of aromatic nitrogens is 2. The number of alkyl halides is 1. The van der Waals surface area contributed by atoms with Crippen LogP contribution in [0.1, 0.15) is 12.8 Å². The minimum atomic E-state index is -2.08. The second-order valence-corrected chi connectivity index (χ2v) is 3.83. The minimum absolute atomic E-state index is 0.00760. The molecule has 0 aromatic carbocycles. The first-order valence-corrected chi connectivity index (χ1v) is 5.05.